The van der Waals surface area contributed by atoms with Crippen molar-refractivity contribution in [3.8, 4) is 17.1 Å². The third kappa shape index (κ3) is 3.56. The number of benzene rings is 2. The van der Waals surface area contributed by atoms with Gasteiger partial charge in [0.1, 0.15) is 17.1 Å². The molecule has 0 bridgehead atoms. The van der Waals surface area contributed by atoms with Gasteiger partial charge in [0.15, 0.2) is 0 Å². The highest BCUT2D eigenvalue weighted by Gasteiger charge is 2.38. The molecule has 0 spiro atoms. The Morgan fingerprint density at radius 2 is 1.64 bits per heavy atom. The maximum Gasteiger partial charge on any atom is 0.250 e. The first-order valence-corrected chi connectivity index (χ1v) is 12.3. The van der Waals surface area contributed by atoms with Crippen molar-refractivity contribution in [2.75, 3.05) is 0 Å². The zero-order valence-corrected chi connectivity index (χ0v) is 18.3. The van der Waals surface area contributed by atoms with E-state index in [1.54, 1.807) is 0 Å². The molecule has 0 saturated heterocycles. The van der Waals surface area contributed by atoms with Gasteiger partial charge in [0.25, 0.3) is 0 Å². The van der Waals surface area contributed by atoms with Gasteiger partial charge in [-0.2, -0.15) is 0 Å². The first kappa shape index (κ1) is 18.3. The lowest BCUT2D eigenvalue weighted by molar-refractivity contribution is 0.492. The van der Waals surface area contributed by atoms with Gasteiger partial charge in [0.2, 0.25) is 8.32 Å². The fourth-order valence-corrected chi connectivity index (χ4v) is 3.98. The van der Waals surface area contributed by atoms with Gasteiger partial charge in [-0.1, -0.05) is 36.7 Å². The summed E-state index contributed by atoms with van der Waals surface area (Å²) in [6, 6.07) is 14.4. The van der Waals surface area contributed by atoms with Crippen LogP contribution in [0.2, 0.25) is 18.1 Å². The molecule has 0 saturated carbocycles. The van der Waals surface area contributed by atoms with Gasteiger partial charge in [-0.25, -0.2) is 0 Å². The highest BCUT2D eigenvalue weighted by atomic mass is 79.9. The largest absolute Gasteiger partial charge is 0.544 e. The topological polar surface area (TPSA) is 22.4 Å². The van der Waals surface area contributed by atoms with Gasteiger partial charge in [-0.3, -0.25) is 0 Å². The van der Waals surface area contributed by atoms with E-state index in [-0.39, 0.29) is 5.04 Å². The number of fused-ring (bicyclic) bond motifs is 1. The summed E-state index contributed by atoms with van der Waals surface area (Å²) in [6.07, 6.45) is 0. The van der Waals surface area contributed by atoms with Crippen LogP contribution in [0.15, 0.2) is 51.4 Å². The van der Waals surface area contributed by atoms with Gasteiger partial charge in [0.05, 0.1) is 0 Å². The van der Waals surface area contributed by atoms with E-state index in [9.17, 15) is 0 Å². The molecule has 1 heterocycles. The van der Waals surface area contributed by atoms with Crippen molar-refractivity contribution in [1.29, 1.82) is 0 Å². The molecular weight excluding hydrogens is 392 g/mol. The molecule has 0 aliphatic carbocycles. The lowest BCUT2D eigenvalue weighted by atomic mass is 10.1. The smallest absolute Gasteiger partial charge is 0.250 e. The van der Waals surface area contributed by atoms with Crippen LogP contribution in [0.3, 0.4) is 0 Å². The molecule has 0 radical (unpaired) electrons. The standard InChI is InChI=1S/C21H25BrO2Si/c1-14-18-13-16(22)9-12-19(18)23-20(14)15-7-10-17(11-8-15)24-25(5,6)21(2,3)4/h7-13H,1-6H3. The van der Waals surface area contributed by atoms with Crippen molar-refractivity contribution >= 4 is 35.2 Å². The van der Waals surface area contributed by atoms with Crippen LogP contribution in [0.1, 0.15) is 26.3 Å². The molecule has 0 aliphatic rings. The molecule has 1 aromatic heterocycles. The molecule has 0 atom stereocenters. The third-order valence-electron chi connectivity index (χ3n) is 5.19. The Labute approximate surface area is 159 Å². The van der Waals surface area contributed by atoms with Gasteiger partial charge < -0.3 is 8.84 Å². The SMILES string of the molecule is Cc1c(-c2ccc(O[Si](C)(C)C(C)(C)C)cc2)oc2ccc(Br)cc12. The number of hydrogen-bond acceptors (Lipinski definition) is 2. The summed E-state index contributed by atoms with van der Waals surface area (Å²) in [4.78, 5) is 0. The van der Waals surface area contributed by atoms with Crippen molar-refractivity contribution in [3.05, 3.63) is 52.5 Å². The van der Waals surface area contributed by atoms with Crippen molar-refractivity contribution in [3.63, 3.8) is 0 Å². The van der Waals surface area contributed by atoms with Gasteiger partial charge in [0, 0.05) is 21.0 Å². The minimum Gasteiger partial charge on any atom is -0.544 e. The van der Waals surface area contributed by atoms with E-state index in [1.165, 1.54) is 0 Å². The van der Waals surface area contributed by atoms with Gasteiger partial charge in [-0.15, -0.1) is 0 Å². The zero-order valence-electron chi connectivity index (χ0n) is 15.7. The number of halogens is 1. The van der Waals surface area contributed by atoms with E-state index in [2.05, 4.69) is 87.1 Å². The first-order valence-electron chi connectivity index (χ1n) is 8.56. The van der Waals surface area contributed by atoms with Crippen LogP contribution in [-0.4, -0.2) is 8.32 Å². The Balaban J connectivity index is 1.92. The quantitative estimate of drug-likeness (QED) is 0.411. The van der Waals surface area contributed by atoms with Crippen LogP contribution in [0.4, 0.5) is 0 Å². The molecule has 2 nitrogen and oxygen atoms in total. The highest BCUT2D eigenvalue weighted by molar-refractivity contribution is 9.10. The molecule has 0 unspecified atom stereocenters. The van der Waals surface area contributed by atoms with Crippen molar-refractivity contribution in [2.45, 2.75) is 45.8 Å². The fourth-order valence-electron chi connectivity index (χ4n) is 2.59. The van der Waals surface area contributed by atoms with Crippen molar-refractivity contribution in [2.24, 2.45) is 0 Å². The monoisotopic (exact) mass is 416 g/mol. The average molecular weight is 417 g/mol. The molecule has 3 rings (SSSR count). The van der Waals surface area contributed by atoms with Crippen LogP contribution >= 0.6 is 15.9 Å². The summed E-state index contributed by atoms with van der Waals surface area (Å²) in [5.74, 6) is 1.86. The fraction of sp³-hybridized carbons (Fsp3) is 0.333. The van der Waals surface area contributed by atoms with E-state index in [1.807, 2.05) is 12.1 Å². The summed E-state index contributed by atoms with van der Waals surface area (Å²) in [5.41, 5.74) is 3.15. The van der Waals surface area contributed by atoms with Crippen molar-refractivity contribution < 1.29 is 8.84 Å². The summed E-state index contributed by atoms with van der Waals surface area (Å²) in [6.45, 7) is 13.4. The summed E-state index contributed by atoms with van der Waals surface area (Å²) < 4.78 is 13.5. The van der Waals surface area contributed by atoms with Crippen molar-refractivity contribution in [1.82, 2.24) is 0 Å². The number of rotatable bonds is 3. The lowest BCUT2D eigenvalue weighted by Crippen LogP contribution is -2.43. The normalized spacial score (nSPS) is 12.6. The third-order valence-corrected chi connectivity index (χ3v) is 10.0. The van der Waals surface area contributed by atoms with E-state index >= 15 is 0 Å². The van der Waals surface area contributed by atoms with E-state index < -0.39 is 8.32 Å². The molecule has 0 amide bonds. The minimum atomic E-state index is -1.81. The lowest BCUT2D eigenvalue weighted by Gasteiger charge is -2.36. The van der Waals surface area contributed by atoms with Crippen LogP contribution in [-0.2, 0) is 0 Å². The van der Waals surface area contributed by atoms with Crippen LogP contribution in [0, 0.1) is 6.92 Å². The van der Waals surface area contributed by atoms with Gasteiger partial charge in [-0.05, 0) is 67.5 Å². The molecule has 0 fully saturated rings. The molecule has 2 aromatic carbocycles. The second-order valence-corrected chi connectivity index (χ2v) is 13.7. The second-order valence-electron chi connectivity index (χ2n) is 8.08. The average Bonchev–Trinajstić information content (AvgIpc) is 2.83. The Morgan fingerprint density at radius 1 is 1.00 bits per heavy atom. The number of aryl methyl sites for hydroxylation is 1. The Hall–Kier alpha value is -1.52. The zero-order chi connectivity index (χ0) is 18.4. The highest BCUT2D eigenvalue weighted by Crippen LogP contribution is 2.38. The molecule has 3 aromatic rings. The molecule has 132 valence electrons. The number of hydrogen-bond donors (Lipinski definition) is 0. The maximum absolute atomic E-state index is 6.36. The van der Waals surface area contributed by atoms with Crippen LogP contribution in [0.25, 0.3) is 22.3 Å². The Kier molecular flexibility index (Phi) is 4.63. The minimum absolute atomic E-state index is 0.189. The molecule has 0 N–H and O–H groups in total. The van der Waals surface area contributed by atoms with E-state index in [4.69, 9.17) is 8.84 Å². The summed E-state index contributed by atoms with van der Waals surface area (Å²) in [7, 11) is -1.81. The Morgan fingerprint density at radius 3 is 2.24 bits per heavy atom. The second kappa shape index (κ2) is 6.33. The summed E-state index contributed by atoms with van der Waals surface area (Å²) in [5, 5.41) is 1.33. The number of furan rings is 1. The molecule has 0 aliphatic heterocycles. The van der Waals surface area contributed by atoms with E-state index in [0.717, 1.165) is 38.1 Å². The van der Waals surface area contributed by atoms with Gasteiger partial charge >= 0.3 is 0 Å². The molecular formula is C21H25BrO2Si. The van der Waals surface area contributed by atoms with E-state index in [0.29, 0.717) is 0 Å². The van der Waals surface area contributed by atoms with Crippen LogP contribution < -0.4 is 4.43 Å². The summed E-state index contributed by atoms with van der Waals surface area (Å²) >= 11 is 3.53. The first-order chi connectivity index (χ1) is 11.6. The molecule has 25 heavy (non-hydrogen) atoms. The molecule has 4 heteroatoms. The Bertz CT molecular complexity index is 902. The predicted octanol–water partition coefficient (Wildman–Crippen LogP) is 7.55. The maximum atomic E-state index is 6.36. The van der Waals surface area contributed by atoms with Crippen LogP contribution in [0.5, 0.6) is 5.75 Å². The predicted molar refractivity (Wildman–Crippen MR) is 112 cm³/mol.